The Morgan fingerprint density at radius 2 is 2.13 bits per heavy atom. The Balaban J connectivity index is 1.92. The zero-order valence-electron chi connectivity index (χ0n) is 15.7. The highest BCUT2D eigenvalue weighted by molar-refractivity contribution is 9.11. The summed E-state index contributed by atoms with van der Waals surface area (Å²) in [5.41, 5.74) is 0.391. The van der Waals surface area contributed by atoms with Gasteiger partial charge in [-0.05, 0) is 28.4 Å². The maximum atomic E-state index is 12.8. The number of rotatable bonds is 7. The van der Waals surface area contributed by atoms with Gasteiger partial charge < -0.3 is 14.4 Å². The fourth-order valence-corrected chi connectivity index (χ4v) is 5.04. The number of para-hydroxylation sites is 1. The molecule has 0 aliphatic heterocycles. The molecule has 0 spiro atoms. The van der Waals surface area contributed by atoms with Gasteiger partial charge >= 0.3 is 12.0 Å². The van der Waals surface area contributed by atoms with Crippen molar-refractivity contribution in [3.05, 3.63) is 34.4 Å². The van der Waals surface area contributed by atoms with Crippen molar-refractivity contribution < 1.29 is 27.9 Å². The van der Waals surface area contributed by atoms with Gasteiger partial charge in [-0.25, -0.2) is 27.7 Å². The quantitative estimate of drug-likeness (QED) is 0.438. The number of benzene rings is 1. The molecule has 0 saturated heterocycles. The molecule has 2 aromatic heterocycles. The van der Waals surface area contributed by atoms with Gasteiger partial charge in [0.25, 0.3) is 10.0 Å². The molecule has 0 saturated carbocycles. The number of sulfonamides is 1. The Morgan fingerprint density at radius 1 is 1.40 bits per heavy atom. The first kappa shape index (κ1) is 22.1. The van der Waals surface area contributed by atoms with Gasteiger partial charge in [0.1, 0.15) is 10.6 Å². The summed E-state index contributed by atoms with van der Waals surface area (Å²) in [4.78, 5) is 27.2. The van der Waals surface area contributed by atoms with E-state index in [-0.39, 0.29) is 27.6 Å². The van der Waals surface area contributed by atoms with Gasteiger partial charge in [-0.3, -0.25) is 5.32 Å². The van der Waals surface area contributed by atoms with E-state index in [4.69, 9.17) is 4.74 Å². The molecular weight excluding hydrogens is 500 g/mol. The summed E-state index contributed by atoms with van der Waals surface area (Å²) < 4.78 is 35.3. The van der Waals surface area contributed by atoms with Crippen molar-refractivity contribution >= 4 is 65.3 Å². The Hall–Kier alpha value is -2.64. The zero-order valence-corrected chi connectivity index (χ0v) is 19.0. The highest BCUT2D eigenvalue weighted by Crippen LogP contribution is 2.32. The lowest BCUT2D eigenvalue weighted by Gasteiger charge is -2.14. The van der Waals surface area contributed by atoms with Crippen LogP contribution < -0.4 is 14.8 Å². The number of carboxylic acid groups (broad SMARTS) is 1. The molecule has 160 valence electrons. The minimum absolute atomic E-state index is 0.149. The SMILES string of the molecule is CCC(Oc1cccc2c(S(=O)(=O)NC(=O)Nc3ncc(Br)s3)cn(C)c12)C(=O)O. The Bertz CT molecular complexity index is 1220. The summed E-state index contributed by atoms with van der Waals surface area (Å²) in [7, 11) is -2.64. The Morgan fingerprint density at radius 3 is 2.73 bits per heavy atom. The molecule has 1 atom stereocenters. The average molecular weight is 517 g/mol. The molecule has 1 aromatic carbocycles. The number of thiazole rings is 1. The number of aromatic nitrogens is 2. The van der Waals surface area contributed by atoms with Crippen LogP contribution in [0.25, 0.3) is 10.9 Å². The number of carbonyl (C=O) groups excluding carboxylic acids is 1. The van der Waals surface area contributed by atoms with Gasteiger partial charge in [0.15, 0.2) is 11.2 Å². The van der Waals surface area contributed by atoms with Crippen LogP contribution in [0.15, 0.2) is 39.3 Å². The Kier molecular flexibility index (Phi) is 6.33. The maximum absolute atomic E-state index is 12.8. The monoisotopic (exact) mass is 516 g/mol. The van der Waals surface area contributed by atoms with Crippen molar-refractivity contribution in [1.29, 1.82) is 0 Å². The third-order valence-electron chi connectivity index (χ3n) is 4.06. The lowest BCUT2D eigenvalue weighted by Crippen LogP contribution is -2.34. The van der Waals surface area contributed by atoms with Crippen LogP contribution in [0.4, 0.5) is 9.93 Å². The number of carboxylic acids is 1. The van der Waals surface area contributed by atoms with Crippen molar-refractivity contribution in [2.24, 2.45) is 7.05 Å². The molecule has 0 aliphatic carbocycles. The number of aryl methyl sites for hydroxylation is 1. The van der Waals surface area contributed by atoms with Crippen molar-refractivity contribution in [2.75, 3.05) is 5.32 Å². The van der Waals surface area contributed by atoms with E-state index in [0.29, 0.717) is 9.30 Å². The highest BCUT2D eigenvalue weighted by atomic mass is 79.9. The summed E-state index contributed by atoms with van der Waals surface area (Å²) >= 11 is 4.33. The summed E-state index contributed by atoms with van der Waals surface area (Å²) in [6.07, 6.45) is 1.96. The van der Waals surface area contributed by atoms with Crippen LogP contribution >= 0.6 is 27.3 Å². The number of hydrogen-bond acceptors (Lipinski definition) is 7. The second-order valence-corrected chi connectivity index (χ2v) is 10.2. The fraction of sp³-hybridized carbons (Fsp3) is 0.235. The number of fused-ring (bicyclic) bond motifs is 1. The van der Waals surface area contributed by atoms with E-state index in [9.17, 15) is 23.1 Å². The zero-order chi connectivity index (χ0) is 22.1. The summed E-state index contributed by atoms with van der Waals surface area (Å²) in [5.74, 6) is -0.897. The smallest absolute Gasteiger partial charge is 0.344 e. The summed E-state index contributed by atoms with van der Waals surface area (Å²) in [5, 5.41) is 12.1. The van der Waals surface area contributed by atoms with Crippen LogP contribution in [0, 0.1) is 0 Å². The molecule has 0 bridgehead atoms. The lowest BCUT2D eigenvalue weighted by molar-refractivity contribution is -0.145. The average Bonchev–Trinajstić information content (AvgIpc) is 3.22. The fourth-order valence-electron chi connectivity index (χ4n) is 2.78. The molecule has 0 fully saturated rings. The molecule has 3 N–H and O–H groups in total. The van der Waals surface area contributed by atoms with Crippen LogP contribution in [0.1, 0.15) is 13.3 Å². The number of nitrogens with one attached hydrogen (secondary N) is 2. The molecule has 13 heteroatoms. The van der Waals surface area contributed by atoms with Gasteiger partial charge in [-0.15, -0.1) is 0 Å². The molecule has 3 rings (SSSR count). The van der Waals surface area contributed by atoms with Crippen molar-refractivity contribution in [2.45, 2.75) is 24.3 Å². The lowest BCUT2D eigenvalue weighted by atomic mass is 10.2. The van der Waals surface area contributed by atoms with Crippen molar-refractivity contribution in [1.82, 2.24) is 14.3 Å². The molecule has 0 aliphatic rings. The van der Waals surface area contributed by atoms with Crippen molar-refractivity contribution in [3.8, 4) is 5.75 Å². The predicted molar refractivity (Wildman–Crippen MR) is 114 cm³/mol. The van der Waals surface area contributed by atoms with Gasteiger partial charge in [-0.2, -0.15) is 0 Å². The van der Waals surface area contributed by atoms with E-state index in [2.05, 4.69) is 26.2 Å². The number of aliphatic carboxylic acids is 1. The van der Waals surface area contributed by atoms with Crippen LogP contribution in [0.2, 0.25) is 0 Å². The predicted octanol–water partition coefficient (Wildman–Crippen LogP) is 3.15. The molecule has 2 amide bonds. The molecule has 30 heavy (non-hydrogen) atoms. The first-order valence-electron chi connectivity index (χ1n) is 8.55. The van der Waals surface area contributed by atoms with Crippen molar-refractivity contribution in [3.63, 3.8) is 0 Å². The maximum Gasteiger partial charge on any atom is 0.344 e. The minimum Gasteiger partial charge on any atom is -0.479 e. The summed E-state index contributed by atoms with van der Waals surface area (Å²) in [6, 6.07) is 3.70. The molecule has 3 aromatic rings. The second kappa shape index (κ2) is 8.62. The summed E-state index contributed by atoms with van der Waals surface area (Å²) in [6.45, 7) is 1.67. The number of amides is 2. The normalized spacial score (nSPS) is 12.5. The number of ether oxygens (including phenoxy) is 1. The number of anilines is 1. The van der Waals surface area contributed by atoms with Gasteiger partial charge in [0, 0.05) is 18.6 Å². The standard InChI is InChI=1S/C17H17BrN4O6S2/c1-3-10(15(23)24)28-11-6-4-5-9-12(8-22(2)14(9)11)30(26,27)21-16(25)20-17-19-7-13(18)29-17/h4-8,10H,3H2,1-2H3,(H,23,24)(H2,19,20,21,25). The molecular formula is C17H17BrN4O6S2. The van der Waals surface area contributed by atoms with Crippen LogP contribution in [0.3, 0.4) is 0 Å². The third-order valence-corrected chi connectivity index (χ3v) is 6.81. The van der Waals surface area contributed by atoms with Crippen LogP contribution in [-0.2, 0) is 21.9 Å². The van der Waals surface area contributed by atoms with E-state index < -0.39 is 28.1 Å². The Labute approximate surface area is 184 Å². The number of carbonyl (C=O) groups is 2. The van der Waals surface area contributed by atoms with E-state index in [1.807, 2.05) is 4.72 Å². The first-order chi connectivity index (χ1) is 14.1. The van der Waals surface area contributed by atoms with Gasteiger partial charge in [-0.1, -0.05) is 30.4 Å². The largest absolute Gasteiger partial charge is 0.479 e. The number of hydrogen-bond donors (Lipinski definition) is 3. The third kappa shape index (κ3) is 4.57. The molecule has 0 radical (unpaired) electrons. The highest BCUT2D eigenvalue weighted by Gasteiger charge is 2.26. The number of halogens is 1. The number of nitrogens with zero attached hydrogens (tertiary/aromatic N) is 2. The van der Waals surface area contributed by atoms with E-state index in [1.165, 1.54) is 17.0 Å². The van der Waals surface area contributed by atoms with Gasteiger partial charge in [0.2, 0.25) is 0 Å². The second-order valence-electron chi connectivity index (χ2n) is 6.14. The molecule has 1 unspecified atom stereocenters. The van der Waals surface area contributed by atoms with Gasteiger partial charge in [0.05, 0.1) is 15.5 Å². The first-order valence-corrected chi connectivity index (χ1v) is 11.6. The van der Waals surface area contributed by atoms with Crippen LogP contribution in [-0.4, -0.2) is 41.2 Å². The van der Waals surface area contributed by atoms with E-state index in [0.717, 1.165) is 11.3 Å². The van der Waals surface area contributed by atoms with E-state index in [1.54, 1.807) is 32.2 Å². The minimum atomic E-state index is -4.24. The number of urea groups is 1. The van der Waals surface area contributed by atoms with E-state index >= 15 is 0 Å². The molecule has 2 heterocycles. The van der Waals surface area contributed by atoms with Crippen LogP contribution in [0.5, 0.6) is 5.75 Å². The topological polar surface area (TPSA) is 140 Å². The molecule has 10 nitrogen and oxygen atoms in total.